The van der Waals surface area contributed by atoms with Gasteiger partial charge in [0.15, 0.2) is 0 Å². The predicted molar refractivity (Wildman–Crippen MR) is 48.9 cm³/mol. The van der Waals surface area contributed by atoms with Crippen molar-refractivity contribution in [2.45, 2.75) is 13.8 Å². The summed E-state index contributed by atoms with van der Waals surface area (Å²) < 4.78 is 0. The van der Waals surface area contributed by atoms with E-state index in [-0.39, 0.29) is 5.78 Å². The maximum absolute atomic E-state index is 9.55. The second-order valence-corrected chi connectivity index (χ2v) is 1.92. The second-order valence-electron chi connectivity index (χ2n) is 1.92. The first-order valence-electron chi connectivity index (χ1n) is 3.42. The highest BCUT2D eigenvalue weighted by Crippen LogP contribution is 1.70. The lowest BCUT2D eigenvalue weighted by molar-refractivity contribution is -0.134. The number of rotatable bonds is 2. The average molecular weight is 206 g/mol. The van der Waals surface area contributed by atoms with Crippen molar-refractivity contribution < 1.29 is 29.7 Å². The normalized spacial score (nSPS) is 7.71. The Balaban J connectivity index is -0.000000170. The molecule has 3 N–H and O–H groups in total. The molecule has 0 heterocycles. The highest BCUT2D eigenvalue weighted by Gasteiger charge is 1.88. The summed E-state index contributed by atoms with van der Waals surface area (Å²) in [5, 5.41) is 22.6. The number of hydrogen-bond acceptors (Lipinski definition) is 4. The molecule has 0 saturated carbocycles. The lowest BCUT2D eigenvalue weighted by Crippen LogP contribution is -1.91. The first-order valence-corrected chi connectivity index (χ1v) is 3.42. The molecule has 0 rings (SSSR count). The molecule has 0 aliphatic carbocycles. The Morgan fingerprint density at radius 1 is 0.857 bits per heavy atom. The van der Waals surface area contributed by atoms with Crippen LogP contribution in [-0.4, -0.2) is 40.2 Å². The quantitative estimate of drug-likeness (QED) is 0.544. The molecule has 0 bridgehead atoms. The molecule has 6 heteroatoms. The molecule has 0 unspecified atom stereocenters. The first-order chi connectivity index (χ1) is 6.36. The fourth-order valence-electron chi connectivity index (χ4n) is 0.143. The zero-order chi connectivity index (χ0) is 12.1. The Labute approximate surface area is 81.5 Å². The van der Waals surface area contributed by atoms with Crippen molar-refractivity contribution in [1.82, 2.24) is 0 Å². The number of ketones is 1. The number of aliphatic hydroxyl groups is 1. The van der Waals surface area contributed by atoms with Crippen LogP contribution in [-0.2, 0) is 14.4 Å². The number of carboxylic acids is 2. The number of hydrogen-bond donors (Lipinski definition) is 3. The lowest BCUT2D eigenvalue weighted by atomic mass is 10.5. The largest absolute Gasteiger partial charge is 0.478 e. The predicted octanol–water partition coefficient (Wildman–Crippen LogP) is -0.0844. The molecule has 6 nitrogen and oxygen atoms in total. The van der Waals surface area contributed by atoms with Crippen LogP contribution in [0.25, 0.3) is 0 Å². The van der Waals surface area contributed by atoms with Gasteiger partial charge in [-0.05, 0) is 13.8 Å². The van der Waals surface area contributed by atoms with Crippen molar-refractivity contribution in [2.75, 3.05) is 7.11 Å². The van der Waals surface area contributed by atoms with E-state index in [9.17, 15) is 14.4 Å². The number of carboxylic acid groups (broad SMARTS) is 2. The minimum absolute atomic E-state index is 0.167. The fourth-order valence-corrected chi connectivity index (χ4v) is 0.143. The monoisotopic (exact) mass is 206 g/mol. The van der Waals surface area contributed by atoms with Crippen LogP contribution in [0.15, 0.2) is 12.2 Å². The van der Waals surface area contributed by atoms with Crippen LogP contribution < -0.4 is 0 Å². The number of aliphatic hydroxyl groups excluding tert-OH is 1. The molecule has 0 radical (unpaired) electrons. The highest BCUT2D eigenvalue weighted by molar-refractivity contribution is 5.89. The van der Waals surface area contributed by atoms with Gasteiger partial charge in [-0.3, -0.25) is 0 Å². The maximum Gasteiger partial charge on any atom is 0.328 e. The van der Waals surface area contributed by atoms with E-state index in [1.54, 1.807) is 0 Å². The Kier molecular flexibility index (Phi) is 18.0. The van der Waals surface area contributed by atoms with Gasteiger partial charge in [-0.15, -0.1) is 0 Å². The Morgan fingerprint density at radius 2 is 1.00 bits per heavy atom. The van der Waals surface area contributed by atoms with Gasteiger partial charge >= 0.3 is 11.9 Å². The minimum atomic E-state index is -1.26. The van der Waals surface area contributed by atoms with Crippen LogP contribution in [0, 0.1) is 0 Å². The molecule has 0 aromatic heterocycles. The van der Waals surface area contributed by atoms with Gasteiger partial charge in [0, 0.05) is 19.3 Å². The third-order valence-electron chi connectivity index (χ3n) is 0.368. The zero-order valence-electron chi connectivity index (χ0n) is 8.22. The summed E-state index contributed by atoms with van der Waals surface area (Å²) in [6.07, 6.45) is 1.12. The number of carbonyl (C=O) groups excluding carboxylic acids is 1. The average Bonchev–Trinajstić information content (AvgIpc) is 2.03. The zero-order valence-corrected chi connectivity index (χ0v) is 8.22. The third-order valence-corrected chi connectivity index (χ3v) is 0.368. The number of aliphatic carboxylic acids is 2. The molecule has 0 aliphatic heterocycles. The third kappa shape index (κ3) is 81.6. The first kappa shape index (κ1) is 18.2. The standard InChI is InChI=1S/C4H4O4.C3H6O.CH4O/c5-3(6)1-2-4(7)8;1-3(2)4;1-2/h1-2H,(H,5,6)(H,7,8);1-2H3;2H,1H3/b2-1+;;. The van der Waals surface area contributed by atoms with Gasteiger partial charge < -0.3 is 20.1 Å². The van der Waals surface area contributed by atoms with Crippen molar-refractivity contribution >= 4 is 17.7 Å². The van der Waals surface area contributed by atoms with Gasteiger partial charge in [0.2, 0.25) is 0 Å². The summed E-state index contributed by atoms with van der Waals surface area (Å²) in [5.74, 6) is -2.35. The van der Waals surface area contributed by atoms with Crippen LogP contribution in [0.5, 0.6) is 0 Å². The van der Waals surface area contributed by atoms with E-state index in [1.807, 2.05) is 0 Å². The van der Waals surface area contributed by atoms with E-state index in [0.29, 0.717) is 12.2 Å². The molecule has 0 saturated heterocycles. The maximum atomic E-state index is 9.55. The van der Waals surface area contributed by atoms with Gasteiger partial charge in [-0.2, -0.15) is 0 Å². The smallest absolute Gasteiger partial charge is 0.328 e. The molecular weight excluding hydrogens is 192 g/mol. The van der Waals surface area contributed by atoms with Crippen molar-refractivity contribution in [3.8, 4) is 0 Å². The Morgan fingerprint density at radius 3 is 1.07 bits per heavy atom. The van der Waals surface area contributed by atoms with E-state index >= 15 is 0 Å². The number of Topliss-reactive ketones (excluding diaryl/α,β-unsaturated/α-hetero) is 1. The van der Waals surface area contributed by atoms with Gasteiger partial charge in [0.25, 0.3) is 0 Å². The van der Waals surface area contributed by atoms with Crippen LogP contribution in [0.2, 0.25) is 0 Å². The topological polar surface area (TPSA) is 112 Å². The molecule has 0 atom stereocenters. The van der Waals surface area contributed by atoms with Gasteiger partial charge in [0.05, 0.1) is 0 Å². The molecular formula is C8H14O6. The van der Waals surface area contributed by atoms with Crippen LogP contribution in [0.1, 0.15) is 13.8 Å². The van der Waals surface area contributed by atoms with Crippen molar-refractivity contribution in [1.29, 1.82) is 0 Å². The van der Waals surface area contributed by atoms with E-state index in [1.165, 1.54) is 13.8 Å². The molecule has 0 fully saturated rings. The van der Waals surface area contributed by atoms with Gasteiger partial charge in [-0.25, -0.2) is 9.59 Å². The molecule has 0 aliphatic rings. The van der Waals surface area contributed by atoms with E-state index in [2.05, 4.69) is 0 Å². The summed E-state index contributed by atoms with van der Waals surface area (Å²) in [6, 6.07) is 0. The van der Waals surface area contributed by atoms with Crippen molar-refractivity contribution in [3.63, 3.8) is 0 Å². The van der Waals surface area contributed by atoms with Crippen LogP contribution in [0.4, 0.5) is 0 Å². The SMILES string of the molecule is CC(C)=O.CO.O=C(O)/C=C/C(=O)O. The summed E-state index contributed by atoms with van der Waals surface area (Å²) in [6.45, 7) is 3.06. The second kappa shape index (κ2) is 13.9. The van der Waals surface area contributed by atoms with E-state index < -0.39 is 11.9 Å². The van der Waals surface area contributed by atoms with Gasteiger partial charge in [-0.1, -0.05) is 0 Å². The molecule has 0 aromatic carbocycles. The molecule has 0 amide bonds. The molecule has 14 heavy (non-hydrogen) atoms. The van der Waals surface area contributed by atoms with Crippen LogP contribution >= 0.6 is 0 Å². The summed E-state index contributed by atoms with van der Waals surface area (Å²) >= 11 is 0. The lowest BCUT2D eigenvalue weighted by Gasteiger charge is -1.74. The molecule has 82 valence electrons. The summed E-state index contributed by atoms with van der Waals surface area (Å²) in [5.41, 5.74) is 0. The fraction of sp³-hybridized carbons (Fsp3) is 0.375. The van der Waals surface area contributed by atoms with E-state index in [0.717, 1.165) is 7.11 Å². The molecule has 0 spiro atoms. The van der Waals surface area contributed by atoms with Crippen molar-refractivity contribution in [2.24, 2.45) is 0 Å². The number of carbonyl (C=O) groups is 3. The Hall–Kier alpha value is -1.69. The highest BCUT2D eigenvalue weighted by atomic mass is 16.4. The molecule has 0 aromatic rings. The van der Waals surface area contributed by atoms with E-state index in [4.69, 9.17) is 15.3 Å². The summed E-state index contributed by atoms with van der Waals surface area (Å²) in [4.78, 5) is 28.6. The van der Waals surface area contributed by atoms with Crippen molar-refractivity contribution in [3.05, 3.63) is 12.2 Å². The van der Waals surface area contributed by atoms with Gasteiger partial charge in [0.1, 0.15) is 5.78 Å². The van der Waals surface area contributed by atoms with Crippen LogP contribution in [0.3, 0.4) is 0 Å². The Bertz CT molecular complexity index is 186. The summed E-state index contributed by atoms with van der Waals surface area (Å²) in [7, 11) is 1.00. The minimum Gasteiger partial charge on any atom is -0.478 e.